The standard InChI is InChI=1S/C14H14FNOS/c15-13-10-11(16)6-7-14(13)18-9-8-17-12-4-2-1-3-5-12/h1-7,10H,8-9,16H2. The highest BCUT2D eigenvalue weighted by molar-refractivity contribution is 7.99. The first-order chi connectivity index (χ1) is 8.75. The molecular weight excluding hydrogens is 249 g/mol. The van der Waals surface area contributed by atoms with Gasteiger partial charge in [0.05, 0.1) is 6.61 Å². The van der Waals surface area contributed by atoms with Gasteiger partial charge in [-0.15, -0.1) is 11.8 Å². The Hall–Kier alpha value is -1.68. The van der Waals surface area contributed by atoms with Crippen LogP contribution in [0.3, 0.4) is 0 Å². The maximum absolute atomic E-state index is 13.5. The van der Waals surface area contributed by atoms with Gasteiger partial charge < -0.3 is 10.5 Å². The lowest BCUT2D eigenvalue weighted by atomic mass is 10.3. The lowest BCUT2D eigenvalue weighted by molar-refractivity contribution is 0.344. The van der Waals surface area contributed by atoms with Crippen molar-refractivity contribution >= 4 is 17.4 Å². The second-order valence-corrected chi connectivity index (χ2v) is 4.84. The number of hydrogen-bond acceptors (Lipinski definition) is 3. The van der Waals surface area contributed by atoms with Crippen molar-refractivity contribution in [3.8, 4) is 5.75 Å². The SMILES string of the molecule is Nc1ccc(SCCOc2ccccc2)c(F)c1. The lowest BCUT2D eigenvalue weighted by Crippen LogP contribution is -2.00. The van der Waals surface area contributed by atoms with Crippen molar-refractivity contribution in [2.24, 2.45) is 0 Å². The molecule has 94 valence electrons. The van der Waals surface area contributed by atoms with Crippen LogP contribution >= 0.6 is 11.8 Å². The van der Waals surface area contributed by atoms with E-state index in [9.17, 15) is 4.39 Å². The smallest absolute Gasteiger partial charge is 0.138 e. The van der Waals surface area contributed by atoms with Crippen LogP contribution in [0.2, 0.25) is 0 Å². The molecule has 2 rings (SSSR count). The second-order valence-electron chi connectivity index (χ2n) is 3.70. The van der Waals surface area contributed by atoms with Gasteiger partial charge in [0.15, 0.2) is 0 Å². The van der Waals surface area contributed by atoms with E-state index < -0.39 is 0 Å². The Morgan fingerprint density at radius 1 is 1.11 bits per heavy atom. The minimum Gasteiger partial charge on any atom is -0.493 e. The molecule has 0 radical (unpaired) electrons. The molecule has 0 bridgehead atoms. The van der Waals surface area contributed by atoms with Crippen molar-refractivity contribution in [3.05, 3.63) is 54.3 Å². The molecule has 0 unspecified atom stereocenters. The molecule has 0 saturated carbocycles. The molecule has 0 spiro atoms. The highest BCUT2D eigenvalue weighted by atomic mass is 32.2. The topological polar surface area (TPSA) is 35.2 Å². The minimum absolute atomic E-state index is 0.278. The summed E-state index contributed by atoms with van der Waals surface area (Å²) >= 11 is 1.42. The Morgan fingerprint density at radius 2 is 1.89 bits per heavy atom. The van der Waals surface area contributed by atoms with E-state index in [1.165, 1.54) is 17.8 Å². The van der Waals surface area contributed by atoms with Crippen LogP contribution in [0.1, 0.15) is 0 Å². The summed E-state index contributed by atoms with van der Waals surface area (Å²) in [6.07, 6.45) is 0. The van der Waals surface area contributed by atoms with Gasteiger partial charge in [-0.2, -0.15) is 0 Å². The Labute approximate surface area is 110 Å². The summed E-state index contributed by atoms with van der Waals surface area (Å²) in [5, 5.41) is 0. The van der Waals surface area contributed by atoms with Crippen molar-refractivity contribution in [1.29, 1.82) is 0 Å². The fraction of sp³-hybridized carbons (Fsp3) is 0.143. The number of hydrogen-bond donors (Lipinski definition) is 1. The number of para-hydroxylation sites is 1. The van der Waals surface area contributed by atoms with E-state index in [4.69, 9.17) is 10.5 Å². The third kappa shape index (κ3) is 3.67. The monoisotopic (exact) mass is 263 g/mol. The third-order valence-corrected chi connectivity index (χ3v) is 3.32. The molecule has 4 heteroatoms. The molecule has 2 N–H and O–H groups in total. The van der Waals surface area contributed by atoms with Crippen molar-refractivity contribution < 1.29 is 9.13 Å². The van der Waals surface area contributed by atoms with Gasteiger partial charge in [-0.25, -0.2) is 4.39 Å². The molecule has 2 aromatic rings. The molecule has 18 heavy (non-hydrogen) atoms. The number of nitrogens with two attached hydrogens (primary N) is 1. The van der Waals surface area contributed by atoms with E-state index in [0.717, 1.165) is 5.75 Å². The van der Waals surface area contributed by atoms with E-state index in [1.807, 2.05) is 30.3 Å². The number of nitrogen functional groups attached to an aromatic ring is 1. The maximum atomic E-state index is 13.5. The van der Waals surface area contributed by atoms with Gasteiger partial charge in [-0.1, -0.05) is 18.2 Å². The second kappa shape index (κ2) is 6.31. The lowest BCUT2D eigenvalue weighted by Gasteiger charge is -2.06. The fourth-order valence-corrected chi connectivity index (χ4v) is 2.21. The number of thioether (sulfide) groups is 1. The summed E-state index contributed by atoms with van der Waals surface area (Å²) in [6, 6.07) is 14.3. The first kappa shape index (κ1) is 12.8. The average molecular weight is 263 g/mol. The van der Waals surface area contributed by atoms with E-state index >= 15 is 0 Å². The number of rotatable bonds is 5. The summed E-state index contributed by atoms with van der Waals surface area (Å²) in [4.78, 5) is 0.598. The Kier molecular flexibility index (Phi) is 4.47. The number of ether oxygens (including phenoxy) is 1. The first-order valence-corrected chi connectivity index (χ1v) is 6.60. The van der Waals surface area contributed by atoms with Crippen LogP contribution in [0.5, 0.6) is 5.75 Å². The number of halogens is 1. The van der Waals surface area contributed by atoms with Crippen molar-refractivity contribution in [2.45, 2.75) is 4.90 Å². The molecule has 2 nitrogen and oxygen atoms in total. The largest absolute Gasteiger partial charge is 0.493 e. The van der Waals surface area contributed by atoms with Crippen LogP contribution < -0.4 is 10.5 Å². The first-order valence-electron chi connectivity index (χ1n) is 5.61. The molecule has 0 atom stereocenters. The average Bonchev–Trinajstić information content (AvgIpc) is 2.38. The van der Waals surface area contributed by atoms with Gasteiger partial charge in [0.25, 0.3) is 0 Å². The predicted molar refractivity (Wildman–Crippen MR) is 73.5 cm³/mol. The van der Waals surface area contributed by atoms with Crippen molar-refractivity contribution in [2.75, 3.05) is 18.1 Å². The molecule has 0 heterocycles. The number of benzene rings is 2. The highest BCUT2D eigenvalue weighted by Gasteiger charge is 2.03. The summed E-state index contributed by atoms with van der Waals surface area (Å²) < 4.78 is 19.0. The molecule has 0 aliphatic rings. The van der Waals surface area contributed by atoms with Crippen molar-refractivity contribution in [1.82, 2.24) is 0 Å². The minimum atomic E-state index is -0.278. The van der Waals surface area contributed by atoms with Crippen molar-refractivity contribution in [3.63, 3.8) is 0 Å². The summed E-state index contributed by atoms with van der Waals surface area (Å²) in [6.45, 7) is 0.540. The molecule has 0 aliphatic carbocycles. The summed E-state index contributed by atoms with van der Waals surface area (Å²) in [7, 11) is 0. The summed E-state index contributed by atoms with van der Waals surface area (Å²) in [5.41, 5.74) is 5.93. The zero-order valence-electron chi connectivity index (χ0n) is 9.80. The zero-order valence-corrected chi connectivity index (χ0v) is 10.6. The Balaban J connectivity index is 1.79. The van der Waals surface area contributed by atoms with Gasteiger partial charge in [0.1, 0.15) is 11.6 Å². The zero-order chi connectivity index (χ0) is 12.8. The van der Waals surface area contributed by atoms with Crippen LogP contribution in [0, 0.1) is 5.82 Å². The Bertz CT molecular complexity index is 504. The van der Waals surface area contributed by atoms with Gasteiger partial charge >= 0.3 is 0 Å². The normalized spacial score (nSPS) is 10.3. The van der Waals surface area contributed by atoms with Crippen LogP contribution in [-0.2, 0) is 0 Å². The molecule has 0 fully saturated rings. The van der Waals surface area contributed by atoms with E-state index in [1.54, 1.807) is 12.1 Å². The van der Waals surface area contributed by atoms with Crippen LogP contribution in [-0.4, -0.2) is 12.4 Å². The van der Waals surface area contributed by atoms with E-state index in [-0.39, 0.29) is 5.82 Å². The molecule has 0 aromatic heterocycles. The quantitative estimate of drug-likeness (QED) is 0.509. The van der Waals surface area contributed by atoms with Crippen LogP contribution in [0.15, 0.2) is 53.4 Å². The highest BCUT2D eigenvalue weighted by Crippen LogP contribution is 2.23. The van der Waals surface area contributed by atoms with Gasteiger partial charge in [0, 0.05) is 16.3 Å². The molecular formula is C14H14FNOS. The molecule has 0 aliphatic heterocycles. The van der Waals surface area contributed by atoms with E-state index in [2.05, 4.69) is 0 Å². The maximum Gasteiger partial charge on any atom is 0.138 e. The third-order valence-electron chi connectivity index (χ3n) is 2.31. The summed E-state index contributed by atoms with van der Waals surface area (Å²) in [5.74, 6) is 1.24. The molecule has 0 saturated heterocycles. The molecule has 2 aromatic carbocycles. The Morgan fingerprint density at radius 3 is 2.61 bits per heavy atom. The van der Waals surface area contributed by atoms with Crippen LogP contribution in [0.4, 0.5) is 10.1 Å². The molecule has 0 amide bonds. The van der Waals surface area contributed by atoms with E-state index in [0.29, 0.717) is 22.9 Å². The fourth-order valence-electron chi connectivity index (χ4n) is 1.46. The van der Waals surface area contributed by atoms with Crippen LogP contribution in [0.25, 0.3) is 0 Å². The van der Waals surface area contributed by atoms with Gasteiger partial charge in [0.2, 0.25) is 0 Å². The number of anilines is 1. The van der Waals surface area contributed by atoms with Gasteiger partial charge in [-0.05, 0) is 30.3 Å². The predicted octanol–water partition coefficient (Wildman–Crippen LogP) is 3.58. The van der Waals surface area contributed by atoms with Gasteiger partial charge in [-0.3, -0.25) is 0 Å².